The minimum absolute atomic E-state index is 0.00549. The molecule has 1 aromatic carbocycles. The predicted octanol–water partition coefficient (Wildman–Crippen LogP) is 1.87. The molecule has 0 atom stereocenters. The van der Waals surface area contributed by atoms with Crippen molar-refractivity contribution in [2.45, 2.75) is 44.1 Å². The van der Waals surface area contributed by atoms with Crippen molar-refractivity contribution in [1.29, 1.82) is 0 Å². The van der Waals surface area contributed by atoms with E-state index in [0.29, 0.717) is 6.42 Å². The molecule has 0 aliphatic rings. The van der Waals surface area contributed by atoms with E-state index >= 15 is 0 Å². The second kappa shape index (κ2) is 10.4. The zero-order valence-corrected chi connectivity index (χ0v) is 17.4. The Balaban J connectivity index is 2.28. The highest BCUT2D eigenvalue weighted by Crippen LogP contribution is 2.15. The molecular weight excluding hydrogens is 389 g/mol. The third kappa shape index (κ3) is 8.66. The standard InChI is InChI=1S/C18H28FN3O5S/c1-18(2,3)27-17(24)21-12-11-20-16(23)6-5-13-22(4)28(25,26)15-9-7-14(19)8-10-15/h7-10H,5-6,11-13H2,1-4H3,(H,20,23)(H,21,24). The molecular formula is C18H28FN3O5S. The molecule has 0 unspecified atom stereocenters. The van der Waals surface area contributed by atoms with E-state index in [1.165, 1.54) is 19.2 Å². The molecule has 1 rings (SSSR count). The van der Waals surface area contributed by atoms with Crippen LogP contribution in [0.5, 0.6) is 0 Å². The van der Waals surface area contributed by atoms with E-state index in [9.17, 15) is 22.4 Å². The monoisotopic (exact) mass is 417 g/mol. The molecule has 0 radical (unpaired) electrons. The van der Waals surface area contributed by atoms with Crippen molar-refractivity contribution in [2.75, 3.05) is 26.7 Å². The number of hydrogen-bond acceptors (Lipinski definition) is 5. The zero-order chi connectivity index (χ0) is 21.4. The highest BCUT2D eigenvalue weighted by Gasteiger charge is 2.20. The molecule has 0 aliphatic carbocycles. The molecule has 0 saturated heterocycles. The van der Waals surface area contributed by atoms with Gasteiger partial charge in [0.25, 0.3) is 0 Å². The Kier molecular flexibility index (Phi) is 8.83. The fraction of sp³-hybridized carbons (Fsp3) is 0.556. The number of nitrogens with one attached hydrogen (secondary N) is 2. The molecule has 1 aromatic rings. The summed E-state index contributed by atoms with van der Waals surface area (Å²) in [6.07, 6.45) is -0.104. The van der Waals surface area contributed by atoms with Crippen LogP contribution in [0.25, 0.3) is 0 Å². The van der Waals surface area contributed by atoms with Gasteiger partial charge in [0.05, 0.1) is 4.90 Å². The van der Waals surface area contributed by atoms with Crippen LogP contribution in [0.15, 0.2) is 29.2 Å². The molecule has 0 aliphatic heterocycles. The maximum atomic E-state index is 12.9. The van der Waals surface area contributed by atoms with Gasteiger partial charge >= 0.3 is 6.09 Å². The lowest BCUT2D eigenvalue weighted by Crippen LogP contribution is -2.38. The molecule has 2 N–H and O–H groups in total. The molecule has 2 amide bonds. The van der Waals surface area contributed by atoms with Crippen LogP contribution >= 0.6 is 0 Å². The Bertz CT molecular complexity index is 760. The number of carbonyl (C=O) groups is 2. The molecule has 10 heteroatoms. The average molecular weight is 418 g/mol. The summed E-state index contributed by atoms with van der Waals surface area (Å²) in [5.41, 5.74) is -0.590. The first kappa shape index (κ1) is 23.8. The predicted molar refractivity (Wildman–Crippen MR) is 103 cm³/mol. The van der Waals surface area contributed by atoms with E-state index in [-0.39, 0.29) is 36.9 Å². The van der Waals surface area contributed by atoms with Gasteiger partial charge in [0.1, 0.15) is 11.4 Å². The fourth-order valence-electron chi connectivity index (χ4n) is 2.14. The molecule has 0 heterocycles. The van der Waals surface area contributed by atoms with Crippen LogP contribution in [-0.4, -0.2) is 57.0 Å². The third-order valence-corrected chi connectivity index (χ3v) is 5.39. The smallest absolute Gasteiger partial charge is 0.407 e. The highest BCUT2D eigenvalue weighted by atomic mass is 32.2. The van der Waals surface area contributed by atoms with Gasteiger partial charge in [0.15, 0.2) is 0 Å². The van der Waals surface area contributed by atoms with Crippen LogP contribution in [0.2, 0.25) is 0 Å². The van der Waals surface area contributed by atoms with Crippen LogP contribution in [0.4, 0.5) is 9.18 Å². The summed E-state index contributed by atoms with van der Waals surface area (Å²) in [6.45, 7) is 5.86. The van der Waals surface area contributed by atoms with Gasteiger partial charge in [-0.1, -0.05) is 0 Å². The quantitative estimate of drug-likeness (QED) is 0.597. The molecule has 8 nitrogen and oxygen atoms in total. The van der Waals surface area contributed by atoms with Crippen molar-refractivity contribution in [3.8, 4) is 0 Å². The van der Waals surface area contributed by atoms with Gasteiger partial charge in [-0.15, -0.1) is 0 Å². The zero-order valence-electron chi connectivity index (χ0n) is 16.6. The first-order chi connectivity index (χ1) is 12.9. The molecule has 0 fully saturated rings. The van der Waals surface area contributed by atoms with Gasteiger partial charge in [-0.05, 0) is 51.5 Å². The Morgan fingerprint density at radius 3 is 2.25 bits per heavy atom. The Morgan fingerprint density at radius 1 is 1.11 bits per heavy atom. The van der Waals surface area contributed by atoms with Crippen LogP contribution < -0.4 is 10.6 Å². The summed E-state index contributed by atoms with van der Waals surface area (Å²) < 4.78 is 43.8. The van der Waals surface area contributed by atoms with Crippen molar-refractivity contribution < 1.29 is 27.1 Å². The minimum atomic E-state index is -3.73. The van der Waals surface area contributed by atoms with Crippen LogP contribution in [-0.2, 0) is 19.6 Å². The van der Waals surface area contributed by atoms with Crippen LogP contribution in [0.3, 0.4) is 0 Å². The number of alkyl carbamates (subject to hydrolysis) is 1. The summed E-state index contributed by atoms with van der Waals surface area (Å²) in [5.74, 6) is -0.766. The summed E-state index contributed by atoms with van der Waals surface area (Å²) in [6, 6.07) is 4.57. The maximum absolute atomic E-state index is 12.9. The number of hydrogen-bond donors (Lipinski definition) is 2. The highest BCUT2D eigenvalue weighted by molar-refractivity contribution is 7.89. The fourth-order valence-corrected chi connectivity index (χ4v) is 3.35. The number of ether oxygens (including phenoxy) is 1. The summed E-state index contributed by atoms with van der Waals surface area (Å²) in [4.78, 5) is 23.2. The number of rotatable bonds is 9. The summed E-state index contributed by atoms with van der Waals surface area (Å²) in [7, 11) is -2.32. The third-order valence-electron chi connectivity index (χ3n) is 3.51. The van der Waals surface area contributed by atoms with Crippen molar-refractivity contribution in [3.05, 3.63) is 30.1 Å². The van der Waals surface area contributed by atoms with E-state index in [1.54, 1.807) is 20.8 Å². The van der Waals surface area contributed by atoms with Gasteiger partial charge < -0.3 is 15.4 Å². The first-order valence-corrected chi connectivity index (χ1v) is 10.3. The van der Waals surface area contributed by atoms with E-state index in [0.717, 1.165) is 16.4 Å². The molecule has 0 bridgehead atoms. The second-order valence-electron chi connectivity index (χ2n) is 7.16. The van der Waals surface area contributed by atoms with Crippen molar-refractivity contribution in [2.24, 2.45) is 0 Å². The SMILES string of the molecule is CN(CCCC(=O)NCCNC(=O)OC(C)(C)C)S(=O)(=O)c1ccc(F)cc1. The number of carbonyl (C=O) groups excluding carboxylic acids is 2. The Hall–Kier alpha value is -2.20. The van der Waals surface area contributed by atoms with Crippen molar-refractivity contribution >= 4 is 22.0 Å². The first-order valence-electron chi connectivity index (χ1n) is 8.87. The van der Waals surface area contributed by atoms with Crippen LogP contribution in [0.1, 0.15) is 33.6 Å². The number of benzene rings is 1. The Morgan fingerprint density at radius 2 is 1.68 bits per heavy atom. The molecule has 0 saturated carbocycles. The van der Waals surface area contributed by atoms with Gasteiger partial charge in [-0.3, -0.25) is 4.79 Å². The maximum Gasteiger partial charge on any atom is 0.407 e. The lowest BCUT2D eigenvalue weighted by molar-refractivity contribution is -0.121. The van der Waals surface area contributed by atoms with E-state index in [1.807, 2.05) is 0 Å². The normalized spacial score (nSPS) is 11.9. The summed E-state index contributed by atoms with van der Waals surface area (Å²) in [5, 5.41) is 5.15. The molecule has 158 valence electrons. The lowest BCUT2D eigenvalue weighted by atomic mass is 10.2. The average Bonchev–Trinajstić information content (AvgIpc) is 2.57. The van der Waals surface area contributed by atoms with Crippen molar-refractivity contribution in [3.63, 3.8) is 0 Å². The lowest BCUT2D eigenvalue weighted by Gasteiger charge is -2.19. The van der Waals surface area contributed by atoms with Gasteiger partial charge in [0, 0.05) is 33.1 Å². The van der Waals surface area contributed by atoms with E-state index < -0.39 is 27.5 Å². The minimum Gasteiger partial charge on any atom is -0.444 e. The number of amides is 2. The van der Waals surface area contributed by atoms with E-state index in [2.05, 4.69) is 10.6 Å². The number of sulfonamides is 1. The van der Waals surface area contributed by atoms with Crippen molar-refractivity contribution in [1.82, 2.24) is 14.9 Å². The Labute approximate surface area is 165 Å². The van der Waals surface area contributed by atoms with Gasteiger partial charge in [0.2, 0.25) is 15.9 Å². The number of nitrogens with zero attached hydrogens (tertiary/aromatic N) is 1. The molecule has 0 aromatic heterocycles. The second-order valence-corrected chi connectivity index (χ2v) is 9.21. The molecule has 28 heavy (non-hydrogen) atoms. The topological polar surface area (TPSA) is 105 Å². The summed E-state index contributed by atoms with van der Waals surface area (Å²) >= 11 is 0. The van der Waals surface area contributed by atoms with Crippen LogP contribution in [0, 0.1) is 5.82 Å². The van der Waals surface area contributed by atoms with Gasteiger partial charge in [-0.25, -0.2) is 21.9 Å². The van der Waals surface area contributed by atoms with Gasteiger partial charge in [-0.2, -0.15) is 0 Å². The largest absolute Gasteiger partial charge is 0.444 e. The molecule has 0 spiro atoms. The van der Waals surface area contributed by atoms with E-state index in [4.69, 9.17) is 4.74 Å². The number of halogens is 1.